The van der Waals surface area contributed by atoms with Crippen LogP contribution in [-0.2, 0) is 39.0 Å². The second-order valence-corrected chi connectivity index (χ2v) is 3.32. The maximum atomic E-state index is 7.50. The van der Waals surface area contributed by atoms with Gasteiger partial charge in [-0.3, -0.25) is 0 Å². The molecule has 0 atom stereocenters. The molecule has 0 unspecified atom stereocenters. The minimum Gasteiger partial charge on any atom is -0.780 e. The summed E-state index contributed by atoms with van der Waals surface area (Å²) in [6.07, 6.45) is 0. The van der Waals surface area contributed by atoms with E-state index in [9.17, 15) is 0 Å². The molecule has 0 aromatic heterocycles. The molecule has 0 amide bonds. The van der Waals surface area contributed by atoms with Crippen LogP contribution in [0.25, 0.3) is 0 Å². The molecule has 0 fully saturated rings. The van der Waals surface area contributed by atoms with E-state index in [4.69, 9.17) is 33.5 Å². The van der Waals surface area contributed by atoms with Crippen molar-refractivity contribution in [3.05, 3.63) is 72.9 Å². The van der Waals surface area contributed by atoms with Crippen LogP contribution >= 0.6 is 11.6 Å². The monoisotopic (exact) mass is 320 g/mol. The Morgan fingerprint density at radius 1 is 0.944 bits per heavy atom. The van der Waals surface area contributed by atoms with Gasteiger partial charge in [0.1, 0.15) is 0 Å². The number of hydrogen-bond acceptors (Lipinski definition) is 1. The molecule has 2 aromatic carbocycles. The average Bonchev–Trinajstić information content (AvgIpc) is 2.97. The Balaban J connectivity index is -0.000000196. The molecule has 0 N–H and O–H groups in total. The van der Waals surface area contributed by atoms with Crippen LogP contribution in [0.1, 0.15) is 0 Å². The SMILES string of the molecule is [C-]#[O+].[C-]#[O+].[Fe+6].[S-]c1ccc(Cl)cc1.c1cc[cH-]c1. The normalized spacial score (nSPS) is 6.50. The van der Waals surface area contributed by atoms with Crippen LogP contribution in [-0.4, -0.2) is 0 Å². The molecule has 2 rings (SSSR count). The zero-order chi connectivity index (χ0) is 13.5. The van der Waals surface area contributed by atoms with Gasteiger partial charge in [0, 0.05) is 5.02 Å². The van der Waals surface area contributed by atoms with E-state index in [0.717, 1.165) is 9.92 Å². The van der Waals surface area contributed by atoms with Crippen molar-refractivity contribution in [1.29, 1.82) is 0 Å². The number of benzene rings is 1. The van der Waals surface area contributed by atoms with E-state index >= 15 is 0 Å². The molecule has 0 bridgehead atoms. The van der Waals surface area contributed by atoms with Gasteiger partial charge in [-0.15, -0.1) is 0 Å². The zero-order valence-electron chi connectivity index (χ0n) is 9.15. The van der Waals surface area contributed by atoms with Crippen molar-refractivity contribution >= 4 is 24.2 Å². The first-order valence-electron chi connectivity index (χ1n) is 4.29. The fourth-order valence-corrected chi connectivity index (χ4v) is 1.02. The standard InChI is InChI=1S/C6H5ClS.C5H5.2CO.Fe/c7-5-1-3-6(8)4-2-5;1-2-4-5-3-1;2*1-2;/h1-4,8H;1-5H;;;/q;-1;;;+6/p-1. The summed E-state index contributed by atoms with van der Waals surface area (Å²) in [4.78, 5) is 0.828. The summed E-state index contributed by atoms with van der Waals surface area (Å²) < 4.78 is 15.0. The summed E-state index contributed by atoms with van der Waals surface area (Å²) in [5.41, 5.74) is 0. The molecule has 0 aliphatic carbocycles. The Kier molecular flexibility index (Phi) is 22.8. The van der Waals surface area contributed by atoms with Gasteiger partial charge in [-0.25, -0.2) is 12.1 Å². The van der Waals surface area contributed by atoms with Gasteiger partial charge in [0.05, 0.1) is 0 Å². The molecule has 0 saturated carbocycles. The van der Waals surface area contributed by atoms with Crippen molar-refractivity contribution in [1.82, 2.24) is 0 Å². The summed E-state index contributed by atoms with van der Waals surface area (Å²) in [6.45, 7) is 9.00. The second kappa shape index (κ2) is 18.4. The molecule has 2 aromatic rings. The zero-order valence-corrected chi connectivity index (χ0v) is 11.8. The van der Waals surface area contributed by atoms with E-state index < -0.39 is 0 Å². The number of halogens is 1. The van der Waals surface area contributed by atoms with Crippen LogP contribution in [0.3, 0.4) is 0 Å². The molecule has 0 heterocycles. The summed E-state index contributed by atoms with van der Waals surface area (Å²) in [6, 6.07) is 17.2. The smallest absolute Gasteiger partial charge is 0.780 e. The molecule has 5 heteroatoms. The van der Waals surface area contributed by atoms with Crippen molar-refractivity contribution < 1.29 is 26.4 Å². The van der Waals surface area contributed by atoms with E-state index in [1.165, 1.54) is 0 Å². The van der Waals surface area contributed by atoms with Crippen molar-refractivity contribution in [2.45, 2.75) is 4.90 Å². The Morgan fingerprint density at radius 2 is 1.33 bits per heavy atom. The van der Waals surface area contributed by atoms with Crippen LogP contribution in [0, 0.1) is 13.3 Å². The van der Waals surface area contributed by atoms with Gasteiger partial charge < -0.3 is 12.6 Å². The van der Waals surface area contributed by atoms with Crippen LogP contribution in [0.15, 0.2) is 59.5 Å². The molecule has 0 spiro atoms. The molecule has 0 aliphatic heterocycles. The molecule has 2 nitrogen and oxygen atoms in total. The Morgan fingerprint density at radius 3 is 1.56 bits per heavy atom. The molecule has 18 heavy (non-hydrogen) atoms. The molecular weight excluding hydrogens is 312 g/mol. The van der Waals surface area contributed by atoms with E-state index in [0.29, 0.717) is 0 Å². The van der Waals surface area contributed by atoms with Gasteiger partial charge >= 0.3 is 39.7 Å². The van der Waals surface area contributed by atoms with E-state index in [1.54, 1.807) is 24.3 Å². The largest absolute Gasteiger partial charge is 6.00 e. The third-order valence-corrected chi connectivity index (χ3v) is 1.89. The third-order valence-electron chi connectivity index (χ3n) is 1.37. The molecule has 90 valence electrons. The summed E-state index contributed by atoms with van der Waals surface area (Å²) in [5.74, 6) is 0. The first-order chi connectivity index (χ1) is 8.29. The Hall–Kier alpha value is -0.921. The quantitative estimate of drug-likeness (QED) is 0.316. The van der Waals surface area contributed by atoms with Gasteiger partial charge in [0.2, 0.25) is 0 Å². The predicted molar refractivity (Wildman–Crippen MR) is 67.0 cm³/mol. The van der Waals surface area contributed by atoms with Crippen LogP contribution < -0.4 is 0 Å². The van der Waals surface area contributed by atoms with Gasteiger partial charge in [-0.1, -0.05) is 23.7 Å². The Bertz CT molecular complexity index is 352. The minimum absolute atomic E-state index is 0. The summed E-state index contributed by atoms with van der Waals surface area (Å²) >= 11 is 10.4. The van der Waals surface area contributed by atoms with Gasteiger partial charge in [0.15, 0.2) is 0 Å². The van der Waals surface area contributed by atoms with Crippen molar-refractivity contribution in [2.75, 3.05) is 0 Å². The van der Waals surface area contributed by atoms with Crippen LogP contribution in [0.2, 0.25) is 5.02 Å². The topological polar surface area (TPSA) is 39.8 Å². The fourth-order valence-electron chi connectivity index (χ4n) is 0.755. The fraction of sp³-hybridized carbons (Fsp3) is 0. The summed E-state index contributed by atoms with van der Waals surface area (Å²) in [7, 11) is 0. The van der Waals surface area contributed by atoms with Crippen molar-refractivity contribution in [2.24, 2.45) is 0 Å². The Labute approximate surface area is 128 Å². The number of hydrogen-bond donors (Lipinski definition) is 0. The molecule has 0 saturated heterocycles. The average molecular weight is 321 g/mol. The van der Waals surface area contributed by atoms with Crippen LogP contribution in [0.4, 0.5) is 0 Å². The molecular formula is C13H9ClFeO2S+4. The molecule has 0 radical (unpaired) electrons. The van der Waals surface area contributed by atoms with Gasteiger partial charge in [-0.05, 0) is 12.1 Å². The summed E-state index contributed by atoms with van der Waals surface area (Å²) in [5, 5.41) is 0.735. The molecule has 0 aliphatic rings. The van der Waals surface area contributed by atoms with Gasteiger partial charge in [0.25, 0.3) is 0 Å². The first kappa shape index (κ1) is 22.3. The second-order valence-electron chi connectivity index (χ2n) is 2.42. The maximum absolute atomic E-state index is 7.50. The minimum atomic E-state index is 0. The van der Waals surface area contributed by atoms with Crippen molar-refractivity contribution in [3.63, 3.8) is 0 Å². The van der Waals surface area contributed by atoms with E-state index in [1.807, 2.05) is 30.3 Å². The van der Waals surface area contributed by atoms with E-state index in [-0.39, 0.29) is 17.1 Å². The van der Waals surface area contributed by atoms with Crippen LogP contribution in [0.5, 0.6) is 0 Å². The van der Waals surface area contributed by atoms with Gasteiger partial charge in [-0.2, -0.15) is 23.1 Å². The maximum Gasteiger partial charge on any atom is 6.00 e. The van der Waals surface area contributed by atoms with Crippen molar-refractivity contribution in [3.8, 4) is 0 Å². The van der Waals surface area contributed by atoms with E-state index in [2.05, 4.69) is 13.3 Å². The first-order valence-corrected chi connectivity index (χ1v) is 5.08. The third kappa shape index (κ3) is 15.1. The number of rotatable bonds is 0. The predicted octanol–water partition coefficient (Wildman–Crippen LogP) is 3.57.